The summed E-state index contributed by atoms with van der Waals surface area (Å²) in [6, 6.07) is 6.89. The van der Waals surface area contributed by atoms with E-state index < -0.39 is 0 Å². The minimum Gasteiger partial charge on any atom is -0.450 e. The van der Waals surface area contributed by atoms with E-state index in [2.05, 4.69) is 17.3 Å². The molecule has 3 rings (SSSR count). The van der Waals surface area contributed by atoms with Gasteiger partial charge in [0.05, 0.1) is 18.5 Å². The molecule has 6 nitrogen and oxygen atoms in total. The number of rotatable bonds is 5. The maximum atomic E-state index is 13.5. The number of ether oxygens (including phenoxy) is 1. The topological polar surface area (TPSA) is 59.4 Å². The van der Waals surface area contributed by atoms with Crippen LogP contribution in [0.1, 0.15) is 44.0 Å². The monoisotopic (exact) mass is 374 g/mol. The molecule has 1 amide bonds. The maximum Gasteiger partial charge on any atom is 0.409 e. The molecule has 0 saturated carbocycles. The van der Waals surface area contributed by atoms with E-state index in [1.165, 1.54) is 12.1 Å². The van der Waals surface area contributed by atoms with E-state index in [0.717, 1.165) is 24.1 Å². The molecule has 0 radical (unpaired) electrons. The number of amides is 1. The first-order chi connectivity index (χ1) is 13.0. The first-order valence-electron chi connectivity index (χ1n) is 9.47. The highest BCUT2D eigenvalue weighted by Crippen LogP contribution is 2.23. The van der Waals surface area contributed by atoms with Crippen LogP contribution in [0.3, 0.4) is 0 Å². The van der Waals surface area contributed by atoms with Crippen molar-refractivity contribution in [1.29, 1.82) is 0 Å². The molecule has 1 N–H and O–H groups in total. The first kappa shape index (κ1) is 19.4. The molecule has 7 heteroatoms. The van der Waals surface area contributed by atoms with Crippen LogP contribution in [0.25, 0.3) is 5.69 Å². The number of likely N-dealkylation sites (tertiary alicyclic amines) is 1. The summed E-state index contributed by atoms with van der Waals surface area (Å²) in [4.78, 5) is 13.6. The quantitative estimate of drug-likeness (QED) is 0.869. The molecule has 1 atom stereocenters. The van der Waals surface area contributed by atoms with Gasteiger partial charge in [0.15, 0.2) is 0 Å². The molecule has 146 valence electrons. The molecule has 2 heterocycles. The highest BCUT2D eigenvalue weighted by molar-refractivity contribution is 5.67. The molecule has 1 aromatic heterocycles. The fourth-order valence-electron chi connectivity index (χ4n) is 3.60. The van der Waals surface area contributed by atoms with E-state index in [4.69, 9.17) is 4.74 Å². The summed E-state index contributed by atoms with van der Waals surface area (Å²) in [6.45, 7) is 7.73. The van der Waals surface area contributed by atoms with Gasteiger partial charge in [-0.25, -0.2) is 13.9 Å². The molecule has 1 aromatic carbocycles. The van der Waals surface area contributed by atoms with Gasteiger partial charge < -0.3 is 15.0 Å². The summed E-state index contributed by atoms with van der Waals surface area (Å²) in [6.07, 6.45) is 3.39. The van der Waals surface area contributed by atoms with Crippen LogP contribution in [-0.2, 0) is 4.74 Å². The van der Waals surface area contributed by atoms with Crippen LogP contribution in [0.15, 0.2) is 30.5 Å². The van der Waals surface area contributed by atoms with Gasteiger partial charge in [-0.1, -0.05) is 6.07 Å². The number of nitrogens with zero attached hydrogens (tertiary/aromatic N) is 3. The van der Waals surface area contributed by atoms with E-state index in [0.29, 0.717) is 31.4 Å². The summed E-state index contributed by atoms with van der Waals surface area (Å²) in [5.41, 5.74) is 2.80. The molecule has 2 aromatic rings. The van der Waals surface area contributed by atoms with E-state index >= 15 is 0 Å². The molecule has 1 aliphatic heterocycles. The summed E-state index contributed by atoms with van der Waals surface area (Å²) < 4.78 is 20.3. The maximum absolute atomic E-state index is 13.5. The zero-order valence-corrected chi connectivity index (χ0v) is 16.1. The Morgan fingerprint density at radius 3 is 2.81 bits per heavy atom. The lowest BCUT2D eigenvalue weighted by Crippen LogP contribution is -2.45. The Morgan fingerprint density at radius 1 is 1.41 bits per heavy atom. The fraction of sp³-hybridized carbons (Fsp3) is 0.500. The van der Waals surface area contributed by atoms with E-state index in [1.807, 2.05) is 26.1 Å². The van der Waals surface area contributed by atoms with Crippen LogP contribution in [0.2, 0.25) is 0 Å². The highest BCUT2D eigenvalue weighted by atomic mass is 19.1. The lowest BCUT2D eigenvalue weighted by atomic mass is 10.0. The van der Waals surface area contributed by atoms with Crippen LogP contribution in [0, 0.1) is 12.7 Å². The van der Waals surface area contributed by atoms with Gasteiger partial charge in [0.25, 0.3) is 0 Å². The number of aromatic nitrogens is 2. The SMILES string of the molecule is CCOC(=O)N1CCC(NC(C)c2cnn(-c3cccc(F)c3)c2C)CC1. The zero-order chi connectivity index (χ0) is 19.4. The molecule has 1 saturated heterocycles. The number of hydrogen-bond acceptors (Lipinski definition) is 4. The summed E-state index contributed by atoms with van der Waals surface area (Å²) >= 11 is 0. The zero-order valence-electron chi connectivity index (χ0n) is 16.1. The first-order valence-corrected chi connectivity index (χ1v) is 9.47. The Morgan fingerprint density at radius 2 is 2.15 bits per heavy atom. The van der Waals surface area contributed by atoms with Crippen molar-refractivity contribution in [1.82, 2.24) is 20.0 Å². The molecular formula is C20H27FN4O2. The number of carbonyl (C=O) groups excluding carboxylic acids is 1. The van der Waals surface area contributed by atoms with Gasteiger partial charge in [0.2, 0.25) is 0 Å². The molecular weight excluding hydrogens is 347 g/mol. The minimum absolute atomic E-state index is 0.117. The number of carbonyl (C=O) groups is 1. The Bertz CT molecular complexity index is 784. The van der Waals surface area contributed by atoms with Crippen molar-refractivity contribution in [3.63, 3.8) is 0 Å². The van der Waals surface area contributed by atoms with Gasteiger partial charge in [0, 0.05) is 36.4 Å². The van der Waals surface area contributed by atoms with Gasteiger partial charge in [-0.3, -0.25) is 0 Å². The summed E-state index contributed by atoms with van der Waals surface area (Å²) in [7, 11) is 0. The predicted octanol–water partition coefficient (Wildman–Crippen LogP) is 3.59. The van der Waals surface area contributed by atoms with Crippen molar-refractivity contribution in [2.75, 3.05) is 19.7 Å². The largest absolute Gasteiger partial charge is 0.450 e. The molecule has 27 heavy (non-hydrogen) atoms. The second-order valence-electron chi connectivity index (χ2n) is 6.93. The predicted molar refractivity (Wildman–Crippen MR) is 101 cm³/mol. The van der Waals surface area contributed by atoms with Crippen LogP contribution in [0.5, 0.6) is 0 Å². The minimum atomic E-state index is -0.275. The smallest absolute Gasteiger partial charge is 0.409 e. The highest BCUT2D eigenvalue weighted by Gasteiger charge is 2.25. The Labute approximate surface area is 159 Å². The van der Waals surface area contributed by atoms with Gasteiger partial charge in [-0.05, 0) is 51.8 Å². The molecule has 1 aliphatic rings. The molecule has 1 fully saturated rings. The number of halogens is 1. The third-order valence-corrected chi connectivity index (χ3v) is 5.07. The van der Waals surface area contributed by atoms with Crippen LogP contribution in [-0.4, -0.2) is 46.5 Å². The van der Waals surface area contributed by atoms with Crippen LogP contribution < -0.4 is 5.32 Å². The lowest BCUT2D eigenvalue weighted by Gasteiger charge is -2.33. The Hall–Kier alpha value is -2.41. The molecule has 0 spiro atoms. The van der Waals surface area contributed by atoms with Crippen LogP contribution in [0.4, 0.5) is 9.18 Å². The molecule has 0 aliphatic carbocycles. The van der Waals surface area contributed by atoms with Gasteiger partial charge in [-0.15, -0.1) is 0 Å². The van der Waals surface area contributed by atoms with Crippen molar-refractivity contribution in [2.24, 2.45) is 0 Å². The molecule has 1 unspecified atom stereocenters. The number of benzene rings is 1. The Kier molecular flexibility index (Phi) is 6.11. The standard InChI is InChI=1S/C20H27FN4O2/c1-4-27-20(26)24-10-8-17(9-11-24)23-14(2)19-13-22-25(15(19)3)18-7-5-6-16(21)12-18/h5-7,12-14,17,23H,4,8-11H2,1-3H3. The average molecular weight is 374 g/mol. The van der Waals surface area contributed by atoms with E-state index in [1.54, 1.807) is 15.6 Å². The van der Waals surface area contributed by atoms with Gasteiger partial charge in [-0.2, -0.15) is 5.10 Å². The number of hydrogen-bond donors (Lipinski definition) is 1. The van der Waals surface area contributed by atoms with Crippen molar-refractivity contribution in [3.8, 4) is 5.69 Å². The summed E-state index contributed by atoms with van der Waals surface area (Å²) in [5, 5.41) is 8.07. The van der Waals surface area contributed by atoms with Gasteiger partial charge >= 0.3 is 6.09 Å². The third-order valence-electron chi connectivity index (χ3n) is 5.07. The van der Waals surface area contributed by atoms with E-state index in [9.17, 15) is 9.18 Å². The second-order valence-corrected chi connectivity index (χ2v) is 6.93. The average Bonchev–Trinajstić information content (AvgIpc) is 3.04. The summed E-state index contributed by atoms with van der Waals surface area (Å²) in [5.74, 6) is -0.275. The van der Waals surface area contributed by atoms with Crippen molar-refractivity contribution < 1.29 is 13.9 Å². The lowest BCUT2D eigenvalue weighted by molar-refractivity contribution is 0.0943. The third kappa shape index (κ3) is 4.47. The van der Waals surface area contributed by atoms with Crippen molar-refractivity contribution >= 4 is 6.09 Å². The molecule has 0 bridgehead atoms. The van der Waals surface area contributed by atoms with Gasteiger partial charge in [0.1, 0.15) is 5.82 Å². The number of nitrogens with one attached hydrogen (secondary N) is 1. The van der Waals surface area contributed by atoms with Crippen LogP contribution >= 0.6 is 0 Å². The Balaban J connectivity index is 1.61. The number of piperidine rings is 1. The van der Waals surface area contributed by atoms with Crippen molar-refractivity contribution in [3.05, 3.63) is 47.5 Å². The normalized spacial score (nSPS) is 16.4. The second kappa shape index (κ2) is 8.52. The van der Waals surface area contributed by atoms with E-state index in [-0.39, 0.29) is 18.0 Å². The van der Waals surface area contributed by atoms with Crippen molar-refractivity contribution in [2.45, 2.75) is 45.7 Å². The fourth-order valence-corrected chi connectivity index (χ4v) is 3.60.